The summed E-state index contributed by atoms with van der Waals surface area (Å²) in [7, 11) is 0. The van der Waals surface area contributed by atoms with E-state index in [4.69, 9.17) is 9.47 Å². The SMILES string of the molecule is CC(c1cccc2ccccc12)N1CCC(N(CC(=O)NCC(=O)N2CCC[C@H]2C#N)C(=O)Cc2ccc3c(c2)OCO3)CC1. The molecule has 3 aliphatic rings. The molecule has 10 nitrogen and oxygen atoms in total. The first-order valence-corrected chi connectivity index (χ1v) is 15.8. The van der Waals surface area contributed by atoms with Gasteiger partial charge in [0.2, 0.25) is 24.5 Å². The van der Waals surface area contributed by atoms with E-state index in [2.05, 4.69) is 65.7 Å². The number of nitrogens with one attached hydrogen (secondary N) is 1. The van der Waals surface area contributed by atoms with Gasteiger partial charge in [0, 0.05) is 31.7 Å². The molecule has 1 N–H and O–H groups in total. The van der Waals surface area contributed by atoms with Gasteiger partial charge < -0.3 is 24.6 Å². The average Bonchev–Trinajstić information content (AvgIpc) is 3.75. The van der Waals surface area contributed by atoms with Gasteiger partial charge in [0.1, 0.15) is 6.04 Å². The van der Waals surface area contributed by atoms with Crippen molar-refractivity contribution in [1.82, 2.24) is 20.0 Å². The van der Waals surface area contributed by atoms with Crippen molar-refractivity contribution in [1.29, 1.82) is 5.26 Å². The zero-order chi connectivity index (χ0) is 31.3. The van der Waals surface area contributed by atoms with Crippen molar-refractivity contribution in [2.75, 3.05) is 39.5 Å². The van der Waals surface area contributed by atoms with Crippen LogP contribution in [0, 0.1) is 11.3 Å². The van der Waals surface area contributed by atoms with Crippen molar-refractivity contribution in [3.63, 3.8) is 0 Å². The van der Waals surface area contributed by atoms with E-state index in [1.165, 1.54) is 21.2 Å². The van der Waals surface area contributed by atoms with Gasteiger partial charge in [-0.05, 0) is 66.6 Å². The van der Waals surface area contributed by atoms with Crippen LogP contribution >= 0.6 is 0 Å². The quantitative estimate of drug-likeness (QED) is 0.393. The Morgan fingerprint density at radius 2 is 1.78 bits per heavy atom. The number of carbonyl (C=O) groups is 3. The van der Waals surface area contributed by atoms with Crippen LogP contribution in [-0.4, -0.2) is 84.0 Å². The number of carbonyl (C=O) groups excluding carboxylic acids is 3. The molecule has 6 rings (SSSR count). The Morgan fingerprint density at radius 1 is 1.00 bits per heavy atom. The molecule has 2 atom stereocenters. The Hall–Kier alpha value is -4.62. The normalized spacial score (nSPS) is 18.8. The summed E-state index contributed by atoms with van der Waals surface area (Å²) in [6.45, 7) is 4.14. The van der Waals surface area contributed by atoms with Crippen molar-refractivity contribution in [2.45, 2.75) is 57.2 Å². The molecular formula is C35H39N5O5. The van der Waals surface area contributed by atoms with Gasteiger partial charge in [-0.1, -0.05) is 48.5 Å². The highest BCUT2D eigenvalue weighted by molar-refractivity contribution is 5.89. The maximum absolute atomic E-state index is 13.8. The van der Waals surface area contributed by atoms with Crippen LogP contribution in [0.5, 0.6) is 11.5 Å². The fraction of sp³-hybridized carbons (Fsp3) is 0.429. The van der Waals surface area contributed by atoms with Crippen LogP contribution in [-0.2, 0) is 20.8 Å². The van der Waals surface area contributed by atoms with Gasteiger partial charge in [-0.25, -0.2) is 0 Å². The Kier molecular flexibility index (Phi) is 9.17. The van der Waals surface area contributed by atoms with Crippen molar-refractivity contribution in [2.24, 2.45) is 0 Å². The Bertz CT molecular complexity index is 1610. The highest BCUT2D eigenvalue weighted by Crippen LogP contribution is 2.34. The van der Waals surface area contributed by atoms with Gasteiger partial charge in [-0.15, -0.1) is 0 Å². The van der Waals surface area contributed by atoms with E-state index in [0.717, 1.165) is 37.9 Å². The highest BCUT2D eigenvalue weighted by Gasteiger charge is 2.33. The van der Waals surface area contributed by atoms with Gasteiger partial charge in [0.15, 0.2) is 11.5 Å². The lowest BCUT2D eigenvalue weighted by molar-refractivity contribution is -0.139. The van der Waals surface area contributed by atoms with Gasteiger partial charge in [-0.3, -0.25) is 19.3 Å². The van der Waals surface area contributed by atoms with Crippen molar-refractivity contribution < 1.29 is 23.9 Å². The number of benzene rings is 3. The molecule has 45 heavy (non-hydrogen) atoms. The molecule has 0 saturated carbocycles. The van der Waals surface area contributed by atoms with E-state index < -0.39 is 6.04 Å². The molecule has 10 heteroatoms. The third-order valence-electron chi connectivity index (χ3n) is 9.35. The zero-order valence-corrected chi connectivity index (χ0v) is 25.6. The molecule has 2 fully saturated rings. The maximum Gasteiger partial charge on any atom is 0.243 e. The molecule has 2 saturated heterocycles. The fourth-order valence-corrected chi connectivity index (χ4v) is 6.83. The number of nitrogens with zero attached hydrogens (tertiary/aromatic N) is 4. The van der Waals surface area contributed by atoms with Crippen molar-refractivity contribution in [3.8, 4) is 17.6 Å². The van der Waals surface area contributed by atoms with E-state index in [-0.39, 0.29) is 56.1 Å². The summed E-state index contributed by atoms with van der Waals surface area (Å²) in [5.41, 5.74) is 2.06. The van der Waals surface area contributed by atoms with E-state index >= 15 is 0 Å². The first-order valence-electron chi connectivity index (χ1n) is 15.8. The van der Waals surface area contributed by atoms with Crippen LogP contribution in [0.15, 0.2) is 60.7 Å². The number of rotatable bonds is 9. The fourth-order valence-electron chi connectivity index (χ4n) is 6.83. The van der Waals surface area contributed by atoms with E-state index in [9.17, 15) is 19.6 Å². The van der Waals surface area contributed by atoms with Crippen LogP contribution in [0.25, 0.3) is 10.8 Å². The van der Waals surface area contributed by atoms with Gasteiger partial charge in [-0.2, -0.15) is 5.26 Å². The summed E-state index contributed by atoms with van der Waals surface area (Å²) >= 11 is 0. The first-order chi connectivity index (χ1) is 21.9. The minimum Gasteiger partial charge on any atom is -0.454 e. The van der Waals surface area contributed by atoms with Crippen LogP contribution in [0.4, 0.5) is 0 Å². The van der Waals surface area contributed by atoms with E-state index in [0.29, 0.717) is 24.5 Å². The molecule has 234 valence electrons. The third-order valence-corrected chi connectivity index (χ3v) is 9.35. The number of ether oxygens (including phenoxy) is 2. The second-order valence-electron chi connectivity index (χ2n) is 12.0. The molecule has 0 radical (unpaired) electrons. The predicted octanol–water partition coefficient (Wildman–Crippen LogP) is 3.80. The van der Waals surface area contributed by atoms with Gasteiger partial charge in [0.25, 0.3) is 0 Å². The average molecular weight is 610 g/mol. The lowest BCUT2D eigenvalue weighted by Gasteiger charge is -2.41. The van der Waals surface area contributed by atoms with E-state index in [1.54, 1.807) is 11.0 Å². The van der Waals surface area contributed by atoms with Crippen LogP contribution in [0.2, 0.25) is 0 Å². The molecule has 3 aliphatic heterocycles. The molecule has 1 unspecified atom stereocenters. The molecule has 0 aromatic heterocycles. The largest absolute Gasteiger partial charge is 0.454 e. The summed E-state index contributed by atoms with van der Waals surface area (Å²) in [6, 6.07) is 22.1. The number of nitriles is 1. The number of likely N-dealkylation sites (tertiary alicyclic amines) is 2. The second kappa shape index (κ2) is 13.6. The van der Waals surface area contributed by atoms with Crippen LogP contribution in [0.1, 0.15) is 49.8 Å². The van der Waals surface area contributed by atoms with Gasteiger partial charge >= 0.3 is 0 Å². The smallest absolute Gasteiger partial charge is 0.243 e. The molecule has 0 spiro atoms. The topological polar surface area (TPSA) is 115 Å². The summed E-state index contributed by atoms with van der Waals surface area (Å²) < 4.78 is 10.9. The second-order valence-corrected chi connectivity index (χ2v) is 12.0. The zero-order valence-electron chi connectivity index (χ0n) is 25.6. The maximum atomic E-state index is 13.8. The summed E-state index contributed by atoms with van der Waals surface area (Å²) in [5.74, 6) is 0.441. The van der Waals surface area contributed by atoms with Crippen molar-refractivity contribution in [3.05, 3.63) is 71.8 Å². The van der Waals surface area contributed by atoms with Crippen LogP contribution < -0.4 is 14.8 Å². The van der Waals surface area contributed by atoms with E-state index in [1.807, 2.05) is 12.1 Å². The number of fused-ring (bicyclic) bond motifs is 2. The number of piperidine rings is 1. The molecule has 0 bridgehead atoms. The summed E-state index contributed by atoms with van der Waals surface area (Å²) in [4.78, 5) is 45.4. The molecule has 3 aromatic carbocycles. The predicted molar refractivity (Wildman–Crippen MR) is 168 cm³/mol. The molecule has 3 aromatic rings. The molecule has 3 heterocycles. The number of hydrogen-bond acceptors (Lipinski definition) is 7. The standard InChI is InChI=1S/C35H39N5O5/c1-24(29-10-4-7-26-6-2-3-9-30(26)29)38-16-13-27(14-17-38)40(34(42)19-25-11-12-31-32(18-25)45-23-44-31)22-33(41)37-21-35(43)39-15-5-8-28(39)20-36/h2-4,6-7,9-12,18,24,27-28H,5,8,13-17,19,21-23H2,1H3,(H,37,41)/t24?,28-/m0/s1. The number of hydrogen-bond donors (Lipinski definition) is 1. The first kappa shape index (κ1) is 30.4. The minimum absolute atomic E-state index is 0.118. The monoisotopic (exact) mass is 609 g/mol. The summed E-state index contributed by atoms with van der Waals surface area (Å²) in [6.07, 6.45) is 3.00. The lowest BCUT2D eigenvalue weighted by Crippen LogP contribution is -2.52. The minimum atomic E-state index is -0.448. The Labute approximate surface area is 263 Å². The molecule has 0 aliphatic carbocycles. The third kappa shape index (κ3) is 6.74. The Balaban J connectivity index is 1.13. The molecular weight excluding hydrogens is 570 g/mol. The van der Waals surface area contributed by atoms with Crippen molar-refractivity contribution >= 4 is 28.5 Å². The van der Waals surface area contributed by atoms with Gasteiger partial charge in [0.05, 0.1) is 25.6 Å². The summed E-state index contributed by atoms with van der Waals surface area (Å²) in [5, 5.41) is 14.5. The van der Waals surface area contributed by atoms with Crippen LogP contribution in [0.3, 0.4) is 0 Å². The Morgan fingerprint density at radius 3 is 2.60 bits per heavy atom. The highest BCUT2D eigenvalue weighted by atomic mass is 16.7. The lowest BCUT2D eigenvalue weighted by atomic mass is 9.95. The molecule has 3 amide bonds. The number of amides is 3.